The van der Waals surface area contributed by atoms with Gasteiger partial charge in [-0.3, -0.25) is 9.59 Å². The molecule has 0 saturated carbocycles. The standard InChI is InChI=1S/C10H15N3O3S/c1-7(14)11-4-5-12-10-13-8(6-17-10)2-3-9(15)16/h6H,2-5H2,1H3,(H,11,14)(H,12,13)(H,15,16). The van der Waals surface area contributed by atoms with Crippen molar-refractivity contribution >= 4 is 28.3 Å². The van der Waals surface area contributed by atoms with E-state index in [0.29, 0.717) is 19.5 Å². The van der Waals surface area contributed by atoms with E-state index in [-0.39, 0.29) is 12.3 Å². The van der Waals surface area contributed by atoms with E-state index in [1.165, 1.54) is 18.3 Å². The van der Waals surface area contributed by atoms with E-state index in [1.807, 2.05) is 5.38 Å². The third-order valence-corrected chi connectivity index (χ3v) is 2.77. The molecular weight excluding hydrogens is 242 g/mol. The van der Waals surface area contributed by atoms with E-state index in [9.17, 15) is 9.59 Å². The fourth-order valence-corrected chi connectivity index (χ4v) is 1.92. The zero-order valence-corrected chi connectivity index (χ0v) is 10.3. The highest BCUT2D eigenvalue weighted by molar-refractivity contribution is 7.13. The molecule has 1 heterocycles. The molecule has 1 amide bonds. The highest BCUT2D eigenvalue weighted by Crippen LogP contribution is 2.15. The molecule has 0 fully saturated rings. The van der Waals surface area contributed by atoms with Gasteiger partial charge in [0.15, 0.2) is 5.13 Å². The second-order valence-electron chi connectivity index (χ2n) is 3.45. The summed E-state index contributed by atoms with van der Waals surface area (Å²) in [4.78, 5) is 25.2. The molecule has 0 unspecified atom stereocenters. The van der Waals surface area contributed by atoms with Gasteiger partial charge in [-0.1, -0.05) is 0 Å². The Balaban J connectivity index is 2.25. The second-order valence-corrected chi connectivity index (χ2v) is 4.31. The van der Waals surface area contributed by atoms with E-state index in [0.717, 1.165) is 10.8 Å². The molecule has 0 aliphatic carbocycles. The smallest absolute Gasteiger partial charge is 0.303 e. The third-order valence-electron chi connectivity index (χ3n) is 1.92. The van der Waals surface area contributed by atoms with E-state index >= 15 is 0 Å². The van der Waals surface area contributed by atoms with Crippen molar-refractivity contribution < 1.29 is 14.7 Å². The number of anilines is 1. The summed E-state index contributed by atoms with van der Waals surface area (Å²) in [6.45, 7) is 2.61. The fraction of sp³-hybridized carbons (Fsp3) is 0.500. The Morgan fingerprint density at radius 1 is 1.47 bits per heavy atom. The first-order valence-corrected chi connectivity index (χ1v) is 6.10. The molecular formula is C10H15N3O3S. The van der Waals surface area contributed by atoms with Crippen LogP contribution in [0.1, 0.15) is 19.0 Å². The molecule has 94 valence electrons. The zero-order valence-electron chi connectivity index (χ0n) is 9.52. The summed E-state index contributed by atoms with van der Waals surface area (Å²) in [6.07, 6.45) is 0.536. The highest BCUT2D eigenvalue weighted by atomic mass is 32.1. The van der Waals surface area contributed by atoms with Crippen molar-refractivity contribution in [2.45, 2.75) is 19.8 Å². The molecule has 0 aliphatic heterocycles. The van der Waals surface area contributed by atoms with Crippen LogP contribution in [0, 0.1) is 0 Å². The molecule has 0 spiro atoms. The molecule has 0 aromatic carbocycles. The minimum Gasteiger partial charge on any atom is -0.481 e. The average molecular weight is 257 g/mol. The summed E-state index contributed by atoms with van der Waals surface area (Å²) in [5.74, 6) is -0.883. The van der Waals surface area contributed by atoms with Crippen molar-refractivity contribution in [2.24, 2.45) is 0 Å². The van der Waals surface area contributed by atoms with Crippen LogP contribution in [0.3, 0.4) is 0 Å². The molecule has 3 N–H and O–H groups in total. The van der Waals surface area contributed by atoms with Gasteiger partial charge in [-0.15, -0.1) is 11.3 Å². The predicted octanol–water partition coefficient (Wildman–Crippen LogP) is 0.708. The van der Waals surface area contributed by atoms with Crippen LogP contribution in [0.15, 0.2) is 5.38 Å². The van der Waals surface area contributed by atoms with Gasteiger partial charge in [-0.2, -0.15) is 0 Å². The number of carbonyl (C=O) groups is 2. The van der Waals surface area contributed by atoms with Gasteiger partial charge in [0.25, 0.3) is 0 Å². The maximum Gasteiger partial charge on any atom is 0.303 e. The van der Waals surface area contributed by atoms with E-state index in [1.54, 1.807) is 0 Å². The molecule has 1 rings (SSSR count). The van der Waals surface area contributed by atoms with E-state index in [2.05, 4.69) is 15.6 Å². The maximum atomic E-state index is 10.6. The largest absolute Gasteiger partial charge is 0.481 e. The van der Waals surface area contributed by atoms with Crippen LogP contribution in [0.2, 0.25) is 0 Å². The topological polar surface area (TPSA) is 91.3 Å². The molecule has 17 heavy (non-hydrogen) atoms. The summed E-state index contributed by atoms with van der Waals surface area (Å²) in [5, 5.41) is 16.8. The number of carbonyl (C=O) groups excluding carboxylic acids is 1. The average Bonchev–Trinajstić information content (AvgIpc) is 2.69. The van der Waals surface area contributed by atoms with Crippen LogP contribution in [0.25, 0.3) is 0 Å². The first kappa shape index (κ1) is 13.4. The van der Waals surface area contributed by atoms with Gasteiger partial charge in [-0.05, 0) is 0 Å². The molecule has 0 atom stereocenters. The van der Waals surface area contributed by atoms with Crippen molar-refractivity contribution in [2.75, 3.05) is 18.4 Å². The summed E-state index contributed by atoms with van der Waals surface area (Å²) in [6, 6.07) is 0. The Morgan fingerprint density at radius 3 is 2.88 bits per heavy atom. The summed E-state index contributed by atoms with van der Waals surface area (Å²) in [7, 11) is 0. The van der Waals surface area contributed by atoms with Gasteiger partial charge >= 0.3 is 5.97 Å². The molecule has 0 bridgehead atoms. The number of carboxylic acids is 1. The highest BCUT2D eigenvalue weighted by Gasteiger charge is 2.04. The van der Waals surface area contributed by atoms with Crippen LogP contribution in [-0.2, 0) is 16.0 Å². The Kier molecular flexibility index (Phi) is 5.41. The Morgan fingerprint density at radius 2 is 2.24 bits per heavy atom. The molecule has 6 nitrogen and oxygen atoms in total. The van der Waals surface area contributed by atoms with Crippen molar-refractivity contribution in [3.63, 3.8) is 0 Å². The Hall–Kier alpha value is -1.63. The van der Waals surface area contributed by atoms with Gasteiger partial charge < -0.3 is 15.7 Å². The van der Waals surface area contributed by atoms with Gasteiger partial charge in [0.2, 0.25) is 5.91 Å². The lowest BCUT2D eigenvalue weighted by molar-refractivity contribution is -0.137. The number of thiazole rings is 1. The lowest BCUT2D eigenvalue weighted by Crippen LogP contribution is -2.26. The van der Waals surface area contributed by atoms with Crippen LogP contribution in [0.4, 0.5) is 5.13 Å². The van der Waals surface area contributed by atoms with Gasteiger partial charge in [0.05, 0.1) is 12.1 Å². The molecule has 7 heteroatoms. The van der Waals surface area contributed by atoms with Crippen molar-refractivity contribution in [3.8, 4) is 0 Å². The number of aromatic nitrogens is 1. The zero-order chi connectivity index (χ0) is 12.7. The number of aliphatic carboxylic acids is 1. The van der Waals surface area contributed by atoms with Gasteiger partial charge in [-0.25, -0.2) is 4.98 Å². The number of hydrogen-bond acceptors (Lipinski definition) is 5. The third kappa shape index (κ3) is 5.86. The summed E-state index contributed by atoms with van der Waals surface area (Å²) in [5.41, 5.74) is 0.777. The normalized spacial score (nSPS) is 9.94. The molecule has 0 radical (unpaired) electrons. The minimum absolute atomic E-state index is 0.0620. The lowest BCUT2D eigenvalue weighted by Gasteiger charge is -2.02. The summed E-state index contributed by atoms with van der Waals surface area (Å²) >= 11 is 1.43. The number of carboxylic acid groups (broad SMARTS) is 1. The number of aryl methyl sites for hydroxylation is 1. The molecule has 1 aromatic rings. The predicted molar refractivity (Wildman–Crippen MR) is 65.2 cm³/mol. The minimum atomic E-state index is -0.821. The maximum absolute atomic E-state index is 10.6. The summed E-state index contributed by atoms with van der Waals surface area (Å²) < 4.78 is 0. The Labute approximate surface area is 103 Å². The van der Waals surface area contributed by atoms with Crippen LogP contribution >= 0.6 is 11.3 Å². The monoisotopic (exact) mass is 257 g/mol. The molecule has 0 aliphatic rings. The quantitative estimate of drug-likeness (QED) is 0.626. The van der Waals surface area contributed by atoms with Crippen LogP contribution in [-0.4, -0.2) is 35.1 Å². The van der Waals surface area contributed by atoms with Gasteiger partial charge in [0.1, 0.15) is 0 Å². The second kappa shape index (κ2) is 6.85. The molecule has 0 saturated heterocycles. The van der Waals surface area contributed by atoms with Crippen LogP contribution in [0.5, 0.6) is 0 Å². The first-order chi connectivity index (χ1) is 8.08. The fourth-order valence-electron chi connectivity index (χ4n) is 1.15. The first-order valence-electron chi connectivity index (χ1n) is 5.22. The van der Waals surface area contributed by atoms with E-state index in [4.69, 9.17) is 5.11 Å². The SMILES string of the molecule is CC(=O)NCCNc1nc(CCC(=O)O)cs1. The van der Waals surface area contributed by atoms with Crippen molar-refractivity contribution in [1.82, 2.24) is 10.3 Å². The molecule has 1 aromatic heterocycles. The Bertz CT molecular complexity index is 392. The van der Waals surface area contributed by atoms with Gasteiger partial charge in [0, 0.05) is 31.8 Å². The number of amides is 1. The number of nitrogens with one attached hydrogen (secondary N) is 2. The van der Waals surface area contributed by atoms with Crippen molar-refractivity contribution in [1.29, 1.82) is 0 Å². The van der Waals surface area contributed by atoms with Crippen molar-refractivity contribution in [3.05, 3.63) is 11.1 Å². The lowest BCUT2D eigenvalue weighted by atomic mass is 10.2. The van der Waals surface area contributed by atoms with E-state index < -0.39 is 5.97 Å². The number of rotatable bonds is 7. The number of nitrogens with zero attached hydrogens (tertiary/aromatic N) is 1. The van der Waals surface area contributed by atoms with Crippen LogP contribution < -0.4 is 10.6 Å². The number of hydrogen-bond donors (Lipinski definition) is 3.